The van der Waals surface area contributed by atoms with E-state index in [1.165, 1.54) is 0 Å². The van der Waals surface area contributed by atoms with Crippen LogP contribution in [0.2, 0.25) is 0 Å². The van der Waals surface area contributed by atoms with Gasteiger partial charge >= 0.3 is 0 Å². The van der Waals surface area contributed by atoms with E-state index in [-0.39, 0.29) is 17.9 Å². The highest BCUT2D eigenvalue weighted by Crippen LogP contribution is 2.24. The lowest BCUT2D eigenvalue weighted by atomic mass is 9.95. The number of amides is 1. The smallest absolute Gasteiger partial charge is 0.220 e. The Balaban J connectivity index is 1.63. The Hall–Kier alpha value is -1.40. The molecular weight excluding hydrogens is 292 g/mol. The molecule has 0 spiro atoms. The number of aliphatic hydroxyl groups is 1. The van der Waals surface area contributed by atoms with E-state index in [1.54, 1.807) is 0 Å². The minimum absolute atomic E-state index is 0.103. The Morgan fingerprint density at radius 2 is 2.13 bits per heavy atom. The van der Waals surface area contributed by atoms with Crippen molar-refractivity contribution in [3.05, 3.63) is 17.0 Å². The van der Waals surface area contributed by atoms with E-state index < -0.39 is 0 Å². The van der Waals surface area contributed by atoms with Gasteiger partial charge in [-0.1, -0.05) is 6.92 Å². The molecule has 1 aliphatic heterocycles. The molecule has 1 unspecified atom stereocenters. The van der Waals surface area contributed by atoms with E-state index in [9.17, 15) is 9.90 Å². The summed E-state index contributed by atoms with van der Waals surface area (Å²) in [4.78, 5) is 14.4. The highest BCUT2D eigenvalue weighted by atomic mass is 16.3. The van der Waals surface area contributed by atoms with Gasteiger partial charge in [0.2, 0.25) is 5.91 Å². The molecule has 0 aromatic carbocycles. The van der Waals surface area contributed by atoms with Crippen molar-refractivity contribution >= 4 is 5.91 Å². The number of aryl methyl sites for hydroxylation is 2. The molecule has 1 amide bonds. The number of likely N-dealkylation sites (tertiary alicyclic amines) is 1. The summed E-state index contributed by atoms with van der Waals surface area (Å²) >= 11 is 0. The van der Waals surface area contributed by atoms with Crippen molar-refractivity contribution in [2.24, 2.45) is 0 Å². The third kappa shape index (κ3) is 5.32. The van der Waals surface area contributed by atoms with Gasteiger partial charge in [-0.3, -0.25) is 9.89 Å². The zero-order chi connectivity index (χ0) is 16.8. The summed E-state index contributed by atoms with van der Waals surface area (Å²) in [6.45, 7) is 9.68. The van der Waals surface area contributed by atoms with E-state index in [4.69, 9.17) is 0 Å². The number of hydrogen-bond acceptors (Lipinski definition) is 4. The SMILES string of the molecule is Cc1n[nH]c(C)c1C(C)CC(=O)NCCCN1CCC(O)CC1. The molecule has 0 aliphatic carbocycles. The van der Waals surface area contributed by atoms with Gasteiger partial charge in [-0.15, -0.1) is 0 Å². The fourth-order valence-electron chi connectivity index (χ4n) is 3.41. The molecule has 2 heterocycles. The number of carbonyl (C=O) groups excluding carboxylic acids is 1. The molecule has 6 nitrogen and oxygen atoms in total. The quantitative estimate of drug-likeness (QED) is 0.664. The van der Waals surface area contributed by atoms with Crippen LogP contribution < -0.4 is 5.32 Å². The van der Waals surface area contributed by atoms with Crippen LogP contribution in [0.4, 0.5) is 0 Å². The summed E-state index contributed by atoms with van der Waals surface area (Å²) in [7, 11) is 0. The molecule has 1 fully saturated rings. The maximum atomic E-state index is 12.1. The minimum Gasteiger partial charge on any atom is -0.393 e. The second kappa shape index (κ2) is 8.45. The molecule has 1 aromatic heterocycles. The molecule has 0 saturated carbocycles. The van der Waals surface area contributed by atoms with Gasteiger partial charge in [0.15, 0.2) is 0 Å². The Morgan fingerprint density at radius 1 is 1.43 bits per heavy atom. The number of H-pyrrole nitrogens is 1. The van der Waals surface area contributed by atoms with Crippen LogP contribution in [0.5, 0.6) is 0 Å². The number of hydrogen-bond donors (Lipinski definition) is 3. The zero-order valence-corrected chi connectivity index (χ0v) is 14.6. The van der Waals surface area contributed by atoms with Crippen molar-refractivity contribution in [1.82, 2.24) is 20.4 Å². The van der Waals surface area contributed by atoms with Crippen molar-refractivity contribution in [2.75, 3.05) is 26.2 Å². The Bertz CT molecular complexity index is 487. The van der Waals surface area contributed by atoms with Gasteiger partial charge in [0.05, 0.1) is 11.8 Å². The van der Waals surface area contributed by atoms with Gasteiger partial charge in [-0.2, -0.15) is 5.10 Å². The topological polar surface area (TPSA) is 81.2 Å². The van der Waals surface area contributed by atoms with Gasteiger partial charge < -0.3 is 15.3 Å². The number of aromatic nitrogens is 2. The fourth-order valence-corrected chi connectivity index (χ4v) is 3.41. The van der Waals surface area contributed by atoms with Crippen LogP contribution in [-0.4, -0.2) is 58.4 Å². The van der Waals surface area contributed by atoms with Crippen LogP contribution in [0.25, 0.3) is 0 Å². The molecule has 6 heteroatoms. The highest BCUT2D eigenvalue weighted by Gasteiger charge is 2.18. The number of aliphatic hydroxyl groups excluding tert-OH is 1. The first kappa shape index (κ1) is 17.9. The van der Waals surface area contributed by atoms with E-state index in [2.05, 4.69) is 27.3 Å². The number of aromatic amines is 1. The molecule has 1 saturated heterocycles. The predicted octanol–water partition coefficient (Wildman–Crippen LogP) is 1.48. The normalized spacial score (nSPS) is 18.1. The maximum absolute atomic E-state index is 12.1. The van der Waals surface area contributed by atoms with Crippen LogP contribution in [0.3, 0.4) is 0 Å². The molecule has 23 heavy (non-hydrogen) atoms. The largest absolute Gasteiger partial charge is 0.393 e. The molecule has 1 aromatic rings. The number of rotatable bonds is 7. The van der Waals surface area contributed by atoms with Crippen LogP contribution in [-0.2, 0) is 4.79 Å². The number of nitrogens with zero attached hydrogens (tertiary/aromatic N) is 2. The Morgan fingerprint density at radius 3 is 2.74 bits per heavy atom. The van der Waals surface area contributed by atoms with E-state index in [0.717, 1.165) is 55.8 Å². The monoisotopic (exact) mass is 322 g/mol. The van der Waals surface area contributed by atoms with Gasteiger partial charge in [0, 0.05) is 31.7 Å². The van der Waals surface area contributed by atoms with Gasteiger partial charge in [-0.25, -0.2) is 0 Å². The summed E-state index contributed by atoms with van der Waals surface area (Å²) in [5.74, 6) is 0.281. The van der Waals surface area contributed by atoms with Crippen molar-refractivity contribution in [3.63, 3.8) is 0 Å². The predicted molar refractivity (Wildman–Crippen MR) is 90.4 cm³/mol. The molecular formula is C17H30N4O2. The third-order valence-electron chi connectivity index (χ3n) is 4.70. The standard InChI is InChI=1S/C17H30N4O2/c1-12(17-13(2)19-20-14(17)3)11-16(23)18-7-4-8-21-9-5-15(22)6-10-21/h12,15,22H,4-11H2,1-3H3,(H,18,23)(H,19,20). The van der Waals surface area contributed by atoms with Gasteiger partial charge in [0.25, 0.3) is 0 Å². The van der Waals surface area contributed by atoms with Crippen LogP contribution >= 0.6 is 0 Å². The summed E-state index contributed by atoms with van der Waals surface area (Å²) in [6, 6.07) is 0. The number of nitrogens with one attached hydrogen (secondary N) is 2. The molecule has 2 rings (SSSR count). The fraction of sp³-hybridized carbons (Fsp3) is 0.765. The lowest BCUT2D eigenvalue weighted by molar-refractivity contribution is -0.121. The second-order valence-corrected chi connectivity index (χ2v) is 6.73. The maximum Gasteiger partial charge on any atom is 0.220 e. The van der Waals surface area contributed by atoms with Crippen LogP contribution in [0.1, 0.15) is 55.5 Å². The minimum atomic E-state index is -0.123. The first-order valence-electron chi connectivity index (χ1n) is 8.66. The first-order chi connectivity index (χ1) is 11.0. The highest BCUT2D eigenvalue weighted by molar-refractivity contribution is 5.76. The second-order valence-electron chi connectivity index (χ2n) is 6.73. The Labute approximate surface area is 138 Å². The molecule has 0 bridgehead atoms. The number of carbonyl (C=O) groups is 1. The molecule has 130 valence electrons. The average Bonchev–Trinajstić information content (AvgIpc) is 2.84. The van der Waals surface area contributed by atoms with Crippen LogP contribution in [0, 0.1) is 13.8 Å². The third-order valence-corrected chi connectivity index (χ3v) is 4.70. The van der Waals surface area contributed by atoms with E-state index in [0.29, 0.717) is 13.0 Å². The number of piperidine rings is 1. The average molecular weight is 322 g/mol. The van der Waals surface area contributed by atoms with Gasteiger partial charge in [0.1, 0.15) is 0 Å². The summed E-state index contributed by atoms with van der Waals surface area (Å²) in [6.07, 6.45) is 3.07. The molecule has 0 radical (unpaired) electrons. The summed E-state index contributed by atoms with van der Waals surface area (Å²) < 4.78 is 0. The van der Waals surface area contributed by atoms with Crippen LogP contribution in [0.15, 0.2) is 0 Å². The summed E-state index contributed by atoms with van der Waals surface area (Å²) in [5.41, 5.74) is 3.19. The van der Waals surface area contributed by atoms with E-state index in [1.807, 2.05) is 13.8 Å². The zero-order valence-electron chi connectivity index (χ0n) is 14.6. The lowest BCUT2D eigenvalue weighted by Crippen LogP contribution is -2.37. The van der Waals surface area contributed by atoms with E-state index >= 15 is 0 Å². The molecule has 1 atom stereocenters. The Kier molecular flexibility index (Phi) is 6.59. The molecule has 1 aliphatic rings. The van der Waals surface area contributed by atoms with Crippen molar-refractivity contribution < 1.29 is 9.90 Å². The van der Waals surface area contributed by atoms with Crippen molar-refractivity contribution in [1.29, 1.82) is 0 Å². The molecule has 3 N–H and O–H groups in total. The first-order valence-corrected chi connectivity index (χ1v) is 8.66. The van der Waals surface area contributed by atoms with Gasteiger partial charge in [-0.05, 0) is 51.1 Å². The lowest BCUT2D eigenvalue weighted by Gasteiger charge is -2.29. The van der Waals surface area contributed by atoms with Crippen molar-refractivity contribution in [3.8, 4) is 0 Å². The summed E-state index contributed by atoms with van der Waals surface area (Å²) in [5, 5.41) is 19.7. The van der Waals surface area contributed by atoms with Crippen molar-refractivity contribution in [2.45, 2.75) is 58.5 Å².